The Morgan fingerprint density at radius 1 is 1.17 bits per heavy atom. The minimum Gasteiger partial charge on any atom is -0.314 e. The van der Waals surface area contributed by atoms with Crippen LogP contribution in [0.2, 0.25) is 0 Å². The van der Waals surface area contributed by atoms with E-state index in [2.05, 4.69) is 24.3 Å². The van der Waals surface area contributed by atoms with Crippen LogP contribution >= 0.6 is 0 Å². The first-order valence-corrected chi connectivity index (χ1v) is 8.82. The lowest BCUT2D eigenvalue weighted by Gasteiger charge is -2.36. The van der Waals surface area contributed by atoms with E-state index in [1.165, 1.54) is 25.7 Å². The van der Waals surface area contributed by atoms with Gasteiger partial charge in [-0.25, -0.2) is 8.42 Å². The van der Waals surface area contributed by atoms with Crippen molar-refractivity contribution in [1.29, 1.82) is 0 Å². The molecule has 1 aliphatic rings. The molecule has 0 radical (unpaired) electrons. The molecule has 0 heterocycles. The van der Waals surface area contributed by atoms with Gasteiger partial charge < -0.3 is 10.2 Å². The highest BCUT2D eigenvalue weighted by atomic mass is 32.2. The van der Waals surface area contributed by atoms with Gasteiger partial charge in [-0.2, -0.15) is 0 Å². The van der Waals surface area contributed by atoms with Gasteiger partial charge in [0.15, 0.2) is 9.84 Å². The molecule has 1 saturated carbocycles. The Morgan fingerprint density at radius 2 is 1.78 bits per heavy atom. The van der Waals surface area contributed by atoms with Gasteiger partial charge in [0.05, 0.1) is 5.75 Å². The van der Waals surface area contributed by atoms with Crippen LogP contribution in [0.1, 0.15) is 39.0 Å². The van der Waals surface area contributed by atoms with Crippen molar-refractivity contribution in [2.75, 3.05) is 38.7 Å². The smallest absolute Gasteiger partial charge is 0.151 e. The molecule has 108 valence electrons. The molecule has 5 heteroatoms. The molecule has 1 N–H and O–H groups in total. The summed E-state index contributed by atoms with van der Waals surface area (Å²) < 4.78 is 23.2. The number of likely N-dealkylation sites (N-methyl/N-ethyl adjacent to an activating group) is 1. The van der Waals surface area contributed by atoms with Crippen molar-refractivity contribution in [1.82, 2.24) is 10.2 Å². The molecule has 0 atom stereocenters. The Labute approximate surface area is 112 Å². The molecule has 0 bridgehead atoms. The van der Waals surface area contributed by atoms with E-state index < -0.39 is 9.84 Å². The normalized spacial score (nSPS) is 19.6. The minimum atomic E-state index is -2.84. The summed E-state index contributed by atoms with van der Waals surface area (Å²) in [5.41, 5.74) is 0.245. The highest BCUT2D eigenvalue weighted by Gasteiger charge is 2.35. The number of hydrogen-bond donors (Lipinski definition) is 1. The lowest BCUT2D eigenvalue weighted by atomic mass is 9.96. The maximum absolute atomic E-state index is 11.6. The highest BCUT2D eigenvalue weighted by Crippen LogP contribution is 2.32. The first-order chi connectivity index (χ1) is 8.42. The summed E-state index contributed by atoms with van der Waals surface area (Å²) in [6, 6.07) is 0. The fraction of sp³-hybridized carbons (Fsp3) is 1.00. The molecule has 0 aromatic rings. The first-order valence-electron chi connectivity index (χ1n) is 7.00. The van der Waals surface area contributed by atoms with E-state index in [1.54, 1.807) is 0 Å². The predicted octanol–water partition coefficient (Wildman–Crippen LogP) is 1.28. The van der Waals surface area contributed by atoms with Gasteiger partial charge in [-0.05, 0) is 33.4 Å². The van der Waals surface area contributed by atoms with Crippen LogP contribution in [0.5, 0.6) is 0 Å². The maximum atomic E-state index is 11.6. The van der Waals surface area contributed by atoms with E-state index in [-0.39, 0.29) is 11.3 Å². The van der Waals surface area contributed by atoms with Gasteiger partial charge >= 0.3 is 0 Å². The van der Waals surface area contributed by atoms with Gasteiger partial charge in [0.1, 0.15) is 0 Å². The van der Waals surface area contributed by atoms with Gasteiger partial charge in [0.25, 0.3) is 0 Å². The third-order valence-corrected chi connectivity index (χ3v) is 5.90. The summed E-state index contributed by atoms with van der Waals surface area (Å²) in [5, 5.41) is 3.34. The molecule has 0 aliphatic heterocycles. The average molecular weight is 276 g/mol. The van der Waals surface area contributed by atoms with Crippen LogP contribution in [-0.4, -0.2) is 57.5 Å². The van der Waals surface area contributed by atoms with Crippen molar-refractivity contribution in [2.24, 2.45) is 0 Å². The summed E-state index contributed by atoms with van der Waals surface area (Å²) in [5.74, 6) is 0.581. The van der Waals surface area contributed by atoms with Crippen LogP contribution in [0.15, 0.2) is 0 Å². The Balaban J connectivity index is 2.32. The second kappa shape index (κ2) is 6.87. The van der Waals surface area contributed by atoms with Crippen molar-refractivity contribution in [3.63, 3.8) is 0 Å². The van der Waals surface area contributed by atoms with Gasteiger partial charge in [-0.3, -0.25) is 0 Å². The van der Waals surface area contributed by atoms with Crippen LogP contribution in [0.3, 0.4) is 0 Å². The van der Waals surface area contributed by atoms with E-state index in [1.807, 2.05) is 6.92 Å². The summed E-state index contributed by atoms with van der Waals surface area (Å²) in [7, 11) is 1.41. The van der Waals surface area contributed by atoms with Crippen molar-refractivity contribution in [3.8, 4) is 0 Å². The Bertz CT molecular complexity index is 333. The molecule has 1 aliphatic carbocycles. The Morgan fingerprint density at radius 3 is 2.28 bits per heavy atom. The topological polar surface area (TPSA) is 49.4 Å². The van der Waals surface area contributed by atoms with Gasteiger partial charge in [-0.1, -0.05) is 19.8 Å². The number of nitrogens with zero attached hydrogens (tertiary/aromatic N) is 1. The zero-order chi connectivity index (χ0) is 13.6. The van der Waals surface area contributed by atoms with E-state index in [9.17, 15) is 8.42 Å². The van der Waals surface area contributed by atoms with E-state index in [4.69, 9.17) is 0 Å². The van der Waals surface area contributed by atoms with E-state index in [0.29, 0.717) is 18.7 Å². The summed E-state index contributed by atoms with van der Waals surface area (Å²) in [6.07, 6.45) is 5.72. The number of rotatable bonds is 8. The average Bonchev–Trinajstić information content (AvgIpc) is 2.74. The van der Waals surface area contributed by atoms with Crippen LogP contribution in [0, 0.1) is 0 Å². The van der Waals surface area contributed by atoms with Crippen LogP contribution in [-0.2, 0) is 9.84 Å². The quantitative estimate of drug-likeness (QED) is 0.678. The molecule has 1 rings (SSSR count). The molecule has 0 aromatic heterocycles. The number of hydrogen-bond acceptors (Lipinski definition) is 4. The van der Waals surface area contributed by atoms with Crippen molar-refractivity contribution in [3.05, 3.63) is 0 Å². The summed E-state index contributed by atoms with van der Waals surface area (Å²) in [6.45, 7) is 3.39. The lowest BCUT2D eigenvalue weighted by Crippen LogP contribution is -2.50. The molecule has 0 aromatic carbocycles. The number of sulfone groups is 1. The molecule has 4 nitrogen and oxygen atoms in total. The van der Waals surface area contributed by atoms with Crippen molar-refractivity contribution < 1.29 is 8.42 Å². The largest absolute Gasteiger partial charge is 0.314 e. The third kappa shape index (κ3) is 4.52. The summed E-state index contributed by atoms with van der Waals surface area (Å²) >= 11 is 0. The standard InChI is InChI=1S/C13H28N2O2S/c1-4-10-18(16,17)11-9-14-12-13(15(2)3)7-5-6-8-13/h14H,4-12H2,1-3H3. The monoisotopic (exact) mass is 276 g/mol. The van der Waals surface area contributed by atoms with E-state index >= 15 is 0 Å². The van der Waals surface area contributed by atoms with Crippen LogP contribution in [0.25, 0.3) is 0 Å². The van der Waals surface area contributed by atoms with Gasteiger partial charge in [-0.15, -0.1) is 0 Å². The molecule has 0 unspecified atom stereocenters. The molecular weight excluding hydrogens is 248 g/mol. The molecule has 1 fully saturated rings. The second-order valence-corrected chi connectivity index (χ2v) is 7.96. The first kappa shape index (κ1) is 15.9. The van der Waals surface area contributed by atoms with Crippen molar-refractivity contribution >= 4 is 9.84 Å². The summed E-state index contributed by atoms with van der Waals surface area (Å²) in [4.78, 5) is 2.30. The second-order valence-electron chi connectivity index (χ2n) is 5.65. The molecule has 0 saturated heterocycles. The number of nitrogens with one attached hydrogen (secondary N) is 1. The lowest BCUT2D eigenvalue weighted by molar-refractivity contribution is 0.155. The fourth-order valence-corrected chi connectivity index (χ4v) is 4.06. The molecule has 0 amide bonds. The van der Waals surface area contributed by atoms with E-state index in [0.717, 1.165) is 6.54 Å². The van der Waals surface area contributed by atoms with Gasteiger partial charge in [0.2, 0.25) is 0 Å². The predicted molar refractivity (Wildman–Crippen MR) is 76.7 cm³/mol. The van der Waals surface area contributed by atoms with Crippen LogP contribution < -0.4 is 5.32 Å². The Hall–Kier alpha value is -0.130. The van der Waals surface area contributed by atoms with Gasteiger partial charge in [0, 0.05) is 24.4 Å². The molecule has 0 spiro atoms. The van der Waals surface area contributed by atoms with Crippen molar-refractivity contribution in [2.45, 2.75) is 44.6 Å². The SMILES string of the molecule is CCCS(=O)(=O)CCNCC1(N(C)C)CCCC1. The molecular formula is C13H28N2O2S. The highest BCUT2D eigenvalue weighted by molar-refractivity contribution is 7.91. The molecule has 18 heavy (non-hydrogen) atoms. The van der Waals surface area contributed by atoms with Crippen LogP contribution in [0.4, 0.5) is 0 Å². The zero-order valence-corrected chi connectivity index (χ0v) is 12.9. The Kier molecular flexibility index (Phi) is 6.08. The fourth-order valence-electron chi connectivity index (χ4n) is 2.78. The zero-order valence-electron chi connectivity index (χ0n) is 12.0. The third-order valence-electron chi connectivity index (χ3n) is 4.04. The maximum Gasteiger partial charge on any atom is 0.151 e. The minimum absolute atomic E-state index is 0.245.